The fourth-order valence-corrected chi connectivity index (χ4v) is 5.21. The minimum Gasteiger partial charge on any atom is -0.363 e. The summed E-state index contributed by atoms with van der Waals surface area (Å²) in [4.78, 5) is 22.2. The van der Waals surface area contributed by atoms with Crippen LogP contribution in [0.4, 0.5) is 15.6 Å². The smallest absolute Gasteiger partial charge is 0.327 e. The highest BCUT2D eigenvalue weighted by Gasteiger charge is 2.38. The molecule has 1 aliphatic heterocycles. The maximum absolute atomic E-state index is 12.8. The number of nitrogens with one attached hydrogen (secondary N) is 1. The number of anilines is 2. The molecule has 0 aliphatic carbocycles. The lowest BCUT2D eigenvalue weighted by atomic mass is 10.3. The van der Waals surface area contributed by atoms with Crippen LogP contribution in [0.25, 0.3) is 10.2 Å². The summed E-state index contributed by atoms with van der Waals surface area (Å²) in [5.74, 6) is 1.15. The number of unbranched alkanes of at least 4 members (excludes halogenated alkanes) is 1. The molecule has 2 heterocycles. The molecule has 146 valence electrons. The fraction of sp³-hybridized carbons (Fsp3) is 0.333. The molecule has 1 aromatic heterocycles. The summed E-state index contributed by atoms with van der Waals surface area (Å²) < 4.78 is 1.09. The summed E-state index contributed by atoms with van der Waals surface area (Å²) in [7, 11) is 1.83. The van der Waals surface area contributed by atoms with E-state index in [-0.39, 0.29) is 12.2 Å². The Balaban J connectivity index is 1.51. The zero-order valence-electron chi connectivity index (χ0n) is 16.1. The predicted molar refractivity (Wildman–Crippen MR) is 120 cm³/mol. The number of carbonyl (C=O) groups is 1. The number of fused-ring (bicyclic) bond motifs is 1. The van der Waals surface area contributed by atoms with Crippen LogP contribution in [-0.2, 0) is 0 Å². The van der Waals surface area contributed by atoms with Crippen LogP contribution >= 0.6 is 23.1 Å². The molecule has 2 aromatic carbocycles. The molecule has 0 bridgehead atoms. The second-order valence-corrected chi connectivity index (χ2v) is 9.06. The van der Waals surface area contributed by atoms with Gasteiger partial charge in [0.25, 0.3) is 0 Å². The van der Waals surface area contributed by atoms with Crippen molar-refractivity contribution in [2.24, 2.45) is 0 Å². The van der Waals surface area contributed by atoms with Gasteiger partial charge in [0.15, 0.2) is 5.13 Å². The van der Waals surface area contributed by atoms with E-state index >= 15 is 0 Å². The second kappa shape index (κ2) is 8.41. The fourth-order valence-electron chi connectivity index (χ4n) is 3.20. The second-order valence-electron chi connectivity index (χ2n) is 6.88. The number of aromatic nitrogens is 1. The van der Waals surface area contributed by atoms with Crippen LogP contribution in [0, 0.1) is 0 Å². The van der Waals surface area contributed by atoms with Crippen molar-refractivity contribution >= 4 is 50.2 Å². The van der Waals surface area contributed by atoms with E-state index in [1.165, 1.54) is 17.7 Å². The van der Waals surface area contributed by atoms with Gasteiger partial charge in [-0.05, 0) is 48.6 Å². The maximum Gasteiger partial charge on any atom is 0.327 e. The molecule has 2 amide bonds. The molecule has 0 radical (unpaired) electrons. The van der Waals surface area contributed by atoms with E-state index < -0.39 is 0 Å². The number of carbonyl (C=O) groups excluding carboxylic acids is 1. The zero-order valence-corrected chi connectivity index (χ0v) is 17.7. The number of hydrogen-bond acceptors (Lipinski definition) is 5. The van der Waals surface area contributed by atoms with Gasteiger partial charge < -0.3 is 10.2 Å². The molecule has 1 unspecified atom stereocenters. The van der Waals surface area contributed by atoms with Crippen molar-refractivity contribution in [2.45, 2.75) is 30.8 Å². The molecule has 0 saturated carbocycles. The average molecular weight is 413 g/mol. The predicted octanol–water partition coefficient (Wildman–Crippen LogP) is 5.50. The number of benzene rings is 2. The van der Waals surface area contributed by atoms with Crippen molar-refractivity contribution in [3.05, 3.63) is 48.5 Å². The molecule has 4 rings (SSSR count). The van der Waals surface area contributed by atoms with Crippen LogP contribution in [0.3, 0.4) is 0 Å². The van der Waals surface area contributed by atoms with Gasteiger partial charge in [-0.25, -0.2) is 14.7 Å². The van der Waals surface area contributed by atoms with Crippen molar-refractivity contribution in [3.8, 4) is 0 Å². The third-order valence-electron chi connectivity index (χ3n) is 4.73. The van der Waals surface area contributed by atoms with E-state index in [0.717, 1.165) is 26.8 Å². The molecular formula is C21H24N4OS2. The lowest BCUT2D eigenvalue weighted by Gasteiger charge is -2.22. The highest BCUT2D eigenvalue weighted by atomic mass is 32.2. The number of thiazole rings is 1. The Morgan fingerprint density at radius 2 is 2.00 bits per heavy atom. The topological polar surface area (TPSA) is 48.5 Å². The van der Waals surface area contributed by atoms with Crippen LogP contribution in [0.2, 0.25) is 0 Å². The van der Waals surface area contributed by atoms with Gasteiger partial charge in [-0.2, -0.15) is 0 Å². The third kappa shape index (κ3) is 3.95. The molecule has 3 aromatic rings. The van der Waals surface area contributed by atoms with Crippen molar-refractivity contribution in [1.82, 2.24) is 9.88 Å². The van der Waals surface area contributed by atoms with Crippen molar-refractivity contribution in [2.75, 3.05) is 29.6 Å². The molecule has 0 spiro atoms. The van der Waals surface area contributed by atoms with Gasteiger partial charge >= 0.3 is 6.03 Å². The number of thioether (sulfide) groups is 1. The number of nitrogens with zero attached hydrogens (tertiary/aromatic N) is 3. The standard InChI is InChI=1S/C21H24N4OS2/c1-3-4-13-27-16-11-9-15(10-12-16)22-19-14-24(2)21(26)25(19)20-23-17-7-5-6-8-18(17)28-20/h5-12,19,22H,3-4,13-14H2,1-2H3. The molecule has 1 aliphatic rings. The van der Waals surface area contributed by atoms with Crippen LogP contribution < -0.4 is 10.2 Å². The Kier molecular flexibility index (Phi) is 5.73. The maximum atomic E-state index is 12.8. The largest absolute Gasteiger partial charge is 0.363 e. The Morgan fingerprint density at radius 3 is 2.75 bits per heavy atom. The molecule has 5 nitrogen and oxygen atoms in total. The van der Waals surface area contributed by atoms with Crippen molar-refractivity contribution < 1.29 is 4.79 Å². The van der Waals surface area contributed by atoms with Gasteiger partial charge in [-0.3, -0.25) is 0 Å². The number of likely N-dealkylation sites (N-methyl/N-ethyl adjacent to an activating group) is 1. The lowest BCUT2D eigenvalue weighted by molar-refractivity contribution is 0.229. The normalized spacial score (nSPS) is 16.9. The highest BCUT2D eigenvalue weighted by Crippen LogP contribution is 2.33. The Bertz CT molecular complexity index is 923. The van der Waals surface area contributed by atoms with E-state index in [4.69, 9.17) is 0 Å². The molecule has 1 atom stereocenters. The molecular weight excluding hydrogens is 388 g/mol. The first-order chi connectivity index (χ1) is 13.7. The Labute approximate surface area is 173 Å². The first kappa shape index (κ1) is 19.1. The Hall–Kier alpha value is -2.25. The highest BCUT2D eigenvalue weighted by molar-refractivity contribution is 7.99. The van der Waals surface area contributed by atoms with E-state index in [2.05, 4.69) is 41.5 Å². The SMILES string of the molecule is CCCCSc1ccc(NC2CN(C)C(=O)N2c2nc3ccccc3s2)cc1. The lowest BCUT2D eigenvalue weighted by Crippen LogP contribution is -2.39. The quantitative estimate of drug-likeness (QED) is 0.411. The number of urea groups is 1. The van der Waals surface area contributed by atoms with Gasteiger partial charge in [0.1, 0.15) is 6.17 Å². The van der Waals surface area contributed by atoms with Gasteiger partial charge in [-0.15, -0.1) is 11.8 Å². The first-order valence-corrected chi connectivity index (χ1v) is 11.3. The van der Waals surface area contributed by atoms with E-state index in [9.17, 15) is 4.79 Å². The number of para-hydroxylation sites is 1. The van der Waals surface area contributed by atoms with E-state index in [0.29, 0.717) is 6.54 Å². The Morgan fingerprint density at radius 1 is 1.21 bits per heavy atom. The van der Waals surface area contributed by atoms with E-state index in [1.54, 1.807) is 21.1 Å². The van der Waals surface area contributed by atoms with Gasteiger partial charge in [0.05, 0.1) is 16.8 Å². The van der Waals surface area contributed by atoms with E-state index in [1.807, 2.05) is 43.1 Å². The zero-order chi connectivity index (χ0) is 19.5. The molecule has 1 fully saturated rings. The number of rotatable bonds is 7. The minimum atomic E-state index is -0.142. The van der Waals surface area contributed by atoms with Gasteiger partial charge in [0, 0.05) is 17.6 Å². The van der Waals surface area contributed by atoms with Crippen LogP contribution in [-0.4, -0.2) is 41.4 Å². The molecule has 7 heteroatoms. The summed E-state index contributed by atoms with van der Waals surface area (Å²) >= 11 is 3.44. The average Bonchev–Trinajstić information content (AvgIpc) is 3.24. The monoisotopic (exact) mass is 412 g/mol. The minimum absolute atomic E-state index is 0.0247. The summed E-state index contributed by atoms with van der Waals surface area (Å²) in [5, 5.41) is 4.25. The number of hydrogen-bond donors (Lipinski definition) is 1. The number of amides is 2. The van der Waals surface area contributed by atoms with Crippen LogP contribution in [0.15, 0.2) is 53.4 Å². The molecule has 1 saturated heterocycles. The van der Waals surface area contributed by atoms with Crippen LogP contribution in [0.1, 0.15) is 19.8 Å². The van der Waals surface area contributed by atoms with Crippen LogP contribution in [0.5, 0.6) is 0 Å². The third-order valence-corrected chi connectivity index (χ3v) is 6.87. The molecule has 28 heavy (non-hydrogen) atoms. The summed E-state index contributed by atoms with van der Waals surface area (Å²) in [6.45, 7) is 2.83. The first-order valence-electron chi connectivity index (χ1n) is 9.55. The summed E-state index contributed by atoms with van der Waals surface area (Å²) in [6.07, 6.45) is 2.31. The summed E-state index contributed by atoms with van der Waals surface area (Å²) in [6, 6.07) is 16.4. The summed E-state index contributed by atoms with van der Waals surface area (Å²) in [5.41, 5.74) is 1.94. The van der Waals surface area contributed by atoms with Crippen molar-refractivity contribution in [1.29, 1.82) is 0 Å². The van der Waals surface area contributed by atoms with Gasteiger partial charge in [-0.1, -0.05) is 36.8 Å². The van der Waals surface area contributed by atoms with Crippen molar-refractivity contribution in [3.63, 3.8) is 0 Å². The molecule has 1 N–H and O–H groups in total. The van der Waals surface area contributed by atoms with Gasteiger partial charge in [0.2, 0.25) is 0 Å².